The molecule has 31 heavy (non-hydrogen) atoms. The van der Waals surface area contributed by atoms with Crippen LogP contribution in [0, 0.1) is 5.82 Å². The molecule has 1 atom stereocenters. The Morgan fingerprint density at radius 1 is 1.26 bits per heavy atom. The number of halogens is 1. The number of sulfonamides is 1. The molecule has 1 unspecified atom stereocenters. The number of benzene rings is 1. The highest BCUT2D eigenvalue weighted by molar-refractivity contribution is 7.88. The fraction of sp³-hybridized carbons (Fsp3) is 0.421. The lowest BCUT2D eigenvalue weighted by Crippen LogP contribution is -2.50. The van der Waals surface area contributed by atoms with Gasteiger partial charge in [-0.25, -0.2) is 17.8 Å². The second-order valence-electron chi connectivity index (χ2n) is 7.46. The third kappa shape index (κ3) is 4.92. The molecule has 2 N–H and O–H groups in total. The Hall–Kier alpha value is -2.83. The Labute approximate surface area is 179 Å². The van der Waals surface area contributed by atoms with Gasteiger partial charge in [-0.15, -0.1) is 0 Å². The van der Waals surface area contributed by atoms with Crippen LogP contribution in [0.4, 0.5) is 4.39 Å². The minimum atomic E-state index is -3.45. The zero-order valence-electron chi connectivity index (χ0n) is 17.4. The van der Waals surface area contributed by atoms with E-state index in [-0.39, 0.29) is 18.9 Å². The molecule has 1 fully saturated rings. The average molecular weight is 453 g/mol. The van der Waals surface area contributed by atoms with E-state index in [1.54, 1.807) is 7.05 Å². The van der Waals surface area contributed by atoms with Crippen LogP contribution in [0.5, 0.6) is 5.75 Å². The van der Waals surface area contributed by atoms with Gasteiger partial charge in [-0.3, -0.25) is 19.1 Å². The van der Waals surface area contributed by atoms with E-state index in [1.165, 1.54) is 35.6 Å². The number of carbonyl (C=O) groups excluding carboxylic acids is 1. The van der Waals surface area contributed by atoms with Crippen molar-refractivity contribution in [3.63, 3.8) is 0 Å². The lowest BCUT2D eigenvalue weighted by Gasteiger charge is -2.38. The molecule has 1 aromatic carbocycles. The van der Waals surface area contributed by atoms with Gasteiger partial charge in [-0.05, 0) is 24.7 Å². The first-order valence-electron chi connectivity index (χ1n) is 9.47. The number of amides is 1. The van der Waals surface area contributed by atoms with Gasteiger partial charge in [0, 0.05) is 33.2 Å². The van der Waals surface area contributed by atoms with E-state index in [9.17, 15) is 27.5 Å². The molecule has 0 bridgehead atoms. The van der Waals surface area contributed by atoms with E-state index >= 15 is 0 Å². The molecular formula is C19H24FN5O5S. The highest BCUT2D eigenvalue weighted by Crippen LogP contribution is 2.24. The number of rotatable bonds is 5. The van der Waals surface area contributed by atoms with Crippen molar-refractivity contribution in [3.8, 4) is 5.75 Å². The van der Waals surface area contributed by atoms with Crippen molar-refractivity contribution in [2.24, 2.45) is 7.05 Å². The van der Waals surface area contributed by atoms with Crippen LogP contribution in [0.2, 0.25) is 0 Å². The van der Waals surface area contributed by atoms with Crippen LogP contribution in [0.15, 0.2) is 29.1 Å². The maximum Gasteiger partial charge on any atom is 0.296 e. The van der Waals surface area contributed by atoms with Crippen molar-refractivity contribution in [1.82, 2.24) is 24.1 Å². The summed E-state index contributed by atoms with van der Waals surface area (Å²) in [5, 5.41) is 12.8. The number of carbonyl (C=O) groups is 1. The van der Waals surface area contributed by atoms with E-state index in [1.807, 2.05) is 4.90 Å². The first-order valence-corrected chi connectivity index (χ1v) is 11.3. The summed E-state index contributed by atoms with van der Waals surface area (Å²) in [5.41, 5.74) is -0.652. The monoisotopic (exact) mass is 453 g/mol. The van der Waals surface area contributed by atoms with Gasteiger partial charge in [0.25, 0.3) is 11.5 Å². The van der Waals surface area contributed by atoms with Crippen molar-refractivity contribution in [2.75, 3.05) is 32.9 Å². The lowest BCUT2D eigenvalue weighted by molar-refractivity contribution is 0.0938. The molecule has 2 aromatic rings. The van der Waals surface area contributed by atoms with Gasteiger partial charge < -0.3 is 10.4 Å². The van der Waals surface area contributed by atoms with Crippen LogP contribution in [0.1, 0.15) is 27.9 Å². The molecule has 1 amide bonds. The molecule has 1 saturated heterocycles. The first-order chi connectivity index (χ1) is 14.5. The fourth-order valence-electron chi connectivity index (χ4n) is 3.36. The van der Waals surface area contributed by atoms with Crippen LogP contribution >= 0.6 is 0 Å². The number of hydrogen-bond acceptors (Lipinski definition) is 7. The van der Waals surface area contributed by atoms with Crippen LogP contribution in [-0.2, 0) is 23.6 Å². The summed E-state index contributed by atoms with van der Waals surface area (Å²) in [6.07, 6.45) is 1.10. The number of likely N-dealkylation sites (N-methyl/N-ethyl adjacent to an activating group) is 1. The second kappa shape index (κ2) is 8.73. The number of aromatic hydroxyl groups is 1. The zero-order chi connectivity index (χ0) is 22.9. The molecule has 10 nitrogen and oxygen atoms in total. The van der Waals surface area contributed by atoms with Gasteiger partial charge in [-0.2, -0.15) is 4.31 Å². The van der Waals surface area contributed by atoms with Crippen molar-refractivity contribution < 1.29 is 22.7 Å². The van der Waals surface area contributed by atoms with E-state index in [4.69, 9.17) is 0 Å². The molecule has 12 heteroatoms. The van der Waals surface area contributed by atoms with Gasteiger partial charge in [-0.1, -0.05) is 12.1 Å². The maximum atomic E-state index is 13.0. The first kappa shape index (κ1) is 22.8. The Bertz CT molecular complexity index is 1150. The normalized spacial score (nSPS) is 18.1. The fourth-order valence-corrected chi connectivity index (χ4v) is 4.19. The molecular weight excluding hydrogens is 429 g/mol. The predicted octanol–water partition coefficient (Wildman–Crippen LogP) is -0.197. The molecule has 0 spiro atoms. The van der Waals surface area contributed by atoms with Gasteiger partial charge >= 0.3 is 0 Å². The molecule has 168 valence electrons. The smallest absolute Gasteiger partial charge is 0.296 e. The molecule has 1 aliphatic heterocycles. The molecule has 0 saturated carbocycles. The summed E-state index contributed by atoms with van der Waals surface area (Å²) in [7, 11) is -0.292. The minimum absolute atomic E-state index is 0.0377. The summed E-state index contributed by atoms with van der Waals surface area (Å²) in [6.45, 7) is 0.788. The average Bonchev–Trinajstić information content (AvgIpc) is 2.71. The molecule has 0 aliphatic carbocycles. The summed E-state index contributed by atoms with van der Waals surface area (Å²) in [5.74, 6) is -1.84. The predicted molar refractivity (Wildman–Crippen MR) is 111 cm³/mol. The Morgan fingerprint density at radius 2 is 1.90 bits per heavy atom. The van der Waals surface area contributed by atoms with E-state index in [0.29, 0.717) is 18.7 Å². The summed E-state index contributed by atoms with van der Waals surface area (Å²) in [6, 6.07) is 4.90. The lowest BCUT2D eigenvalue weighted by atomic mass is 10.1. The SMILES string of the molecule is CN1CCN(S(C)(=O)=O)CC1c1nc(C(=O)NCc2ccc(F)cc2)c(O)c(=O)n1C. The summed E-state index contributed by atoms with van der Waals surface area (Å²) >= 11 is 0. The number of piperazine rings is 1. The van der Waals surface area contributed by atoms with Crippen LogP contribution in [0.25, 0.3) is 0 Å². The number of hydrogen-bond donors (Lipinski definition) is 2. The van der Waals surface area contributed by atoms with Crippen molar-refractivity contribution in [2.45, 2.75) is 12.6 Å². The number of nitrogens with zero attached hydrogens (tertiary/aromatic N) is 4. The van der Waals surface area contributed by atoms with E-state index < -0.39 is 44.8 Å². The maximum absolute atomic E-state index is 13.0. The van der Waals surface area contributed by atoms with Gasteiger partial charge in [0.2, 0.25) is 15.8 Å². The van der Waals surface area contributed by atoms with Crippen LogP contribution < -0.4 is 10.9 Å². The third-order valence-electron chi connectivity index (χ3n) is 5.26. The molecule has 3 rings (SSSR count). The topological polar surface area (TPSA) is 125 Å². The highest BCUT2D eigenvalue weighted by Gasteiger charge is 2.34. The quantitative estimate of drug-likeness (QED) is 0.643. The number of nitrogens with one attached hydrogen (secondary N) is 1. The van der Waals surface area contributed by atoms with E-state index in [2.05, 4.69) is 10.3 Å². The largest absolute Gasteiger partial charge is 0.501 e. The van der Waals surface area contributed by atoms with Gasteiger partial charge in [0.05, 0.1) is 12.3 Å². The number of aromatic nitrogens is 2. The molecule has 1 aliphatic rings. The highest BCUT2D eigenvalue weighted by atomic mass is 32.2. The molecule has 2 heterocycles. The third-order valence-corrected chi connectivity index (χ3v) is 6.53. The van der Waals surface area contributed by atoms with Gasteiger partial charge in [0.15, 0.2) is 5.69 Å². The van der Waals surface area contributed by atoms with Crippen LogP contribution in [0.3, 0.4) is 0 Å². The summed E-state index contributed by atoms with van der Waals surface area (Å²) in [4.78, 5) is 31.3. The van der Waals surface area contributed by atoms with Crippen molar-refractivity contribution in [3.05, 3.63) is 57.5 Å². The Kier molecular flexibility index (Phi) is 6.43. The van der Waals surface area contributed by atoms with Crippen molar-refractivity contribution >= 4 is 15.9 Å². The second-order valence-corrected chi connectivity index (χ2v) is 9.44. The Morgan fingerprint density at radius 3 is 2.52 bits per heavy atom. The van der Waals surface area contributed by atoms with Crippen LogP contribution in [-0.4, -0.2) is 71.1 Å². The summed E-state index contributed by atoms with van der Waals surface area (Å²) < 4.78 is 39.4. The van der Waals surface area contributed by atoms with E-state index in [0.717, 1.165) is 10.8 Å². The molecule has 1 aromatic heterocycles. The van der Waals surface area contributed by atoms with Crippen molar-refractivity contribution in [1.29, 1.82) is 0 Å². The minimum Gasteiger partial charge on any atom is -0.501 e. The zero-order valence-corrected chi connectivity index (χ0v) is 18.2. The van der Waals surface area contributed by atoms with Gasteiger partial charge in [0.1, 0.15) is 11.6 Å². The Balaban J connectivity index is 1.91. The molecule has 0 radical (unpaired) electrons. The standard InChI is InChI=1S/C19H24FN5O5S/c1-23-8-9-25(31(3,29)30)11-14(23)17-22-15(16(26)19(28)24(17)2)18(27)21-10-12-4-6-13(20)7-5-12/h4-7,14,26H,8-11H2,1-3H3,(H,21,27).